The first-order chi connectivity index (χ1) is 9.84. The van der Waals surface area contributed by atoms with Gasteiger partial charge in [0.2, 0.25) is 5.91 Å². The second-order valence-corrected chi connectivity index (χ2v) is 6.65. The van der Waals surface area contributed by atoms with Gasteiger partial charge in [-0.05, 0) is 18.4 Å². The van der Waals surface area contributed by atoms with Crippen LogP contribution < -0.4 is 5.32 Å². The number of carbonyl (C=O) groups is 1. The zero-order chi connectivity index (χ0) is 14.0. The van der Waals surface area contributed by atoms with Crippen molar-refractivity contribution in [2.75, 3.05) is 5.75 Å². The molecule has 1 aromatic carbocycles. The largest absolute Gasteiger partial charge is 0.353 e. The molecule has 0 aliphatic heterocycles. The molecule has 1 N–H and O–H groups in total. The number of amides is 1. The van der Waals surface area contributed by atoms with Crippen LogP contribution in [-0.2, 0) is 10.5 Å². The van der Waals surface area contributed by atoms with Gasteiger partial charge >= 0.3 is 0 Å². The minimum atomic E-state index is 0.234. The fourth-order valence-corrected chi connectivity index (χ4v) is 3.55. The number of nitrogens with one attached hydrogen (secondary N) is 1. The molecule has 1 aromatic rings. The van der Waals surface area contributed by atoms with Crippen molar-refractivity contribution in [1.82, 2.24) is 5.32 Å². The first-order valence-electron chi connectivity index (χ1n) is 7.75. The van der Waals surface area contributed by atoms with Crippen molar-refractivity contribution >= 4 is 17.7 Å². The Kier molecular flexibility index (Phi) is 6.99. The van der Waals surface area contributed by atoms with E-state index in [1.807, 2.05) is 17.8 Å². The maximum absolute atomic E-state index is 11.9. The van der Waals surface area contributed by atoms with E-state index >= 15 is 0 Å². The lowest BCUT2D eigenvalue weighted by atomic mass is 10.1. The van der Waals surface area contributed by atoms with Gasteiger partial charge in [-0.25, -0.2) is 0 Å². The summed E-state index contributed by atoms with van der Waals surface area (Å²) >= 11 is 1.84. The third kappa shape index (κ3) is 6.00. The Balaban J connectivity index is 1.58. The molecule has 0 saturated heterocycles. The second-order valence-electron chi connectivity index (χ2n) is 5.54. The maximum Gasteiger partial charge on any atom is 0.221 e. The Bertz CT molecular complexity index is 385. The van der Waals surface area contributed by atoms with Crippen LogP contribution in [0.1, 0.15) is 50.5 Å². The highest BCUT2D eigenvalue weighted by atomic mass is 32.2. The summed E-state index contributed by atoms with van der Waals surface area (Å²) in [5, 5.41) is 3.21. The van der Waals surface area contributed by atoms with Crippen molar-refractivity contribution in [2.45, 2.75) is 56.7 Å². The average molecular weight is 291 g/mol. The molecule has 0 spiro atoms. The number of benzene rings is 1. The number of rotatable bonds is 6. The predicted octanol–water partition coefficient (Wildman–Crippen LogP) is 4.15. The summed E-state index contributed by atoms with van der Waals surface area (Å²) in [4.78, 5) is 11.9. The third-order valence-corrected chi connectivity index (χ3v) is 4.84. The number of thioether (sulfide) groups is 1. The van der Waals surface area contributed by atoms with Crippen LogP contribution in [-0.4, -0.2) is 17.7 Å². The van der Waals surface area contributed by atoms with Crippen molar-refractivity contribution in [3.05, 3.63) is 35.9 Å². The molecule has 0 unspecified atom stereocenters. The van der Waals surface area contributed by atoms with Crippen LogP contribution in [0.5, 0.6) is 0 Å². The van der Waals surface area contributed by atoms with Gasteiger partial charge in [-0.15, -0.1) is 0 Å². The fraction of sp³-hybridized carbons (Fsp3) is 0.588. The topological polar surface area (TPSA) is 29.1 Å². The van der Waals surface area contributed by atoms with Gasteiger partial charge in [0.05, 0.1) is 0 Å². The highest BCUT2D eigenvalue weighted by molar-refractivity contribution is 7.98. The molecular weight excluding hydrogens is 266 g/mol. The van der Waals surface area contributed by atoms with Gasteiger partial charge in [-0.3, -0.25) is 4.79 Å². The Morgan fingerprint density at radius 2 is 1.80 bits per heavy atom. The van der Waals surface area contributed by atoms with Crippen LogP contribution >= 0.6 is 11.8 Å². The Hall–Kier alpha value is -0.960. The molecule has 2 nitrogen and oxygen atoms in total. The van der Waals surface area contributed by atoms with Crippen LogP contribution in [0.15, 0.2) is 30.3 Å². The summed E-state index contributed by atoms with van der Waals surface area (Å²) in [5.41, 5.74) is 1.33. The van der Waals surface area contributed by atoms with Crippen LogP contribution in [0.2, 0.25) is 0 Å². The molecule has 1 fully saturated rings. The van der Waals surface area contributed by atoms with E-state index in [4.69, 9.17) is 0 Å². The van der Waals surface area contributed by atoms with Crippen LogP contribution in [0.25, 0.3) is 0 Å². The van der Waals surface area contributed by atoms with Crippen LogP contribution in [0.3, 0.4) is 0 Å². The standard InChI is InChI=1S/C17H25NOS/c19-17(18-16-10-6-1-2-7-11-16)12-13-20-14-15-8-4-3-5-9-15/h3-5,8-9,16H,1-2,6-7,10-14H2,(H,18,19). The first-order valence-corrected chi connectivity index (χ1v) is 8.91. The lowest BCUT2D eigenvalue weighted by Gasteiger charge is -2.16. The van der Waals surface area contributed by atoms with Crippen LogP contribution in [0.4, 0.5) is 0 Å². The molecule has 0 aromatic heterocycles. The quantitative estimate of drug-likeness (QED) is 0.630. The lowest BCUT2D eigenvalue weighted by Crippen LogP contribution is -2.34. The smallest absolute Gasteiger partial charge is 0.221 e. The van der Waals surface area contributed by atoms with Crippen molar-refractivity contribution in [3.8, 4) is 0 Å². The van der Waals surface area contributed by atoms with Gasteiger partial charge in [0.15, 0.2) is 0 Å². The Morgan fingerprint density at radius 1 is 1.10 bits per heavy atom. The van der Waals surface area contributed by atoms with Gasteiger partial charge in [0.25, 0.3) is 0 Å². The van der Waals surface area contributed by atoms with E-state index in [0.29, 0.717) is 12.5 Å². The second kappa shape index (κ2) is 9.06. The van der Waals surface area contributed by atoms with Crippen molar-refractivity contribution in [2.24, 2.45) is 0 Å². The molecule has 1 aliphatic rings. The molecule has 110 valence electrons. The van der Waals surface area contributed by atoms with E-state index in [0.717, 1.165) is 11.5 Å². The van der Waals surface area contributed by atoms with Crippen molar-refractivity contribution in [3.63, 3.8) is 0 Å². The third-order valence-electron chi connectivity index (χ3n) is 3.81. The van der Waals surface area contributed by atoms with E-state index in [9.17, 15) is 4.79 Å². The van der Waals surface area contributed by atoms with Gasteiger partial charge in [-0.1, -0.05) is 56.0 Å². The molecule has 20 heavy (non-hydrogen) atoms. The minimum absolute atomic E-state index is 0.234. The average Bonchev–Trinajstić information content (AvgIpc) is 2.73. The zero-order valence-corrected chi connectivity index (χ0v) is 13.0. The molecular formula is C17H25NOS. The van der Waals surface area contributed by atoms with E-state index in [-0.39, 0.29) is 5.91 Å². The Morgan fingerprint density at radius 3 is 2.50 bits per heavy atom. The molecule has 1 saturated carbocycles. The van der Waals surface area contributed by atoms with E-state index in [1.165, 1.54) is 44.1 Å². The molecule has 3 heteroatoms. The van der Waals surface area contributed by atoms with Gasteiger partial charge in [-0.2, -0.15) is 11.8 Å². The summed E-state index contributed by atoms with van der Waals surface area (Å²) < 4.78 is 0. The summed E-state index contributed by atoms with van der Waals surface area (Å²) in [5.74, 6) is 2.14. The monoisotopic (exact) mass is 291 g/mol. The van der Waals surface area contributed by atoms with E-state index < -0.39 is 0 Å². The molecule has 0 atom stereocenters. The highest BCUT2D eigenvalue weighted by Gasteiger charge is 2.14. The normalized spacial score (nSPS) is 16.6. The highest BCUT2D eigenvalue weighted by Crippen LogP contribution is 2.17. The predicted molar refractivity (Wildman–Crippen MR) is 86.9 cm³/mol. The Labute approximate surface area is 126 Å². The molecule has 1 amide bonds. The number of hydrogen-bond acceptors (Lipinski definition) is 2. The lowest BCUT2D eigenvalue weighted by molar-refractivity contribution is -0.121. The van der Waals surface area contributed by atoms with Gasteiger partial charge in [0.1, 0.15) is 0 Å². The fourth-order valence-electron chi connectivity index (χ4n) is 2.65. The zero-order valence-electron chi connectivity index (χ0n) is 12.1. The van der Waals surface area contributed by atoms with Crippen molar-refractivity contribution < 1.29 is 4.79 Å². The van der Waals surface area contributed by atoms with E-state index in [2.05, 4.69) is 29.6 Å². The number of hydrogen-bond donors (Lipinski definition) is 1. The molecule has 1 aliphatic carbocycles. The van der Waals surface area contributed by atoms with E-state index in [1.54, 1.807) is 0 Å². The maximum atomic E-state index is 11.9. The number of carbonyl (C=O) groups excluding carboxylic acids is 1. The molecule has 0 radical (unpaired) electrons. The minimum Gasteiger partial charge on any atom is -0.353 e. The summed E-state index contributed by atoms with van der Waals surface area (Å²) in [6.07, 6.45) is 8.19. The van der Waals surface area contributed by atoms with Crippen molar-refractivity contribution in [1.29, 1.82) is 0 Å². The SMILES string of the molecule is O=C(CCSCc1ccccc1)NC1CCCCCC1. The van der Waals surface area contributed by atoms with Gasteiger partial charge in [0, 0.05) is 24.0 Å². The molecule has 2 rings (SSSR count). The van der Waals surface area contributed by atoms with Crippen LogP contribution in [0, 0.1) is 0 Å². The summed E-state index contributed by atoms with van der Waals surface area (Å²) in [7, 11) is 0. The summed E-state index contributed by atoms with van der Waals surface area (Å²) in [6.45, 7) is 0. The summed E-state index contributed by atoms with van der Waals surface area (Å²) in [6, 6.07) is 10.9. The first kappa shape index (κ1) is 15.4. The molecule has 0 bridgehead atoms. The van der Waals surface area contributed by atoms with Gasteiger partial charge < -0.3 is 5.32 Å². The molecule has 0 heterocycles.